The third kappa shape index (κ3) is 15.6. The molecule has 2 N–H and O–H groups in total. The first-order valence-corrected chi connectivity index (χ1v) is 7.69. The largest absolute Gasteiger partial charge is 0.508 e. The molecule has 0 spiro atoms. The predicted octanol–water partition coefficient (Wildman–Crippen LogP) is 0.585. The molecule has 0 fully saturated rings. The number of hydrogen-bond acceptors (Lipinski definition) is 11. The normalized spacial score (nSPS) is 13.0. The number of aliphatic hydroxyl groups is 1. The van der Waals surface area contributed by atoms with Crippen LogP contribution in [-0.2, 0) is 33.3 Å². The van der Waals surface area contributed by atoms with Crippen LogP contribution in [0, 0.1) is 0 Å². The number of carbonyl (C=O) groups excluding carboxylic acids is 2. The zero-order chi connectivity index (χ0) is 18.9. The van der Waals surface area contributed by atoms with Crippen LogP contribution in [0.2, 0.25) is 0 Å². The van der Waals surface area contributed by atoms with Crippen LogP contribution in [0.1, 0.15) is 13.8 Å². The SMILES string of the molecule is CC(COCCOCC(C)OC(=O)OCCOO)OC(=O)OCCO. The highest BCUT2D eigenvalue weighted by molar-refractivity contribution is 5.60. The molecule has 25 heavy (non-hydrogen) atoms. The molecule has 2 unspecified atom stereocenters. The van der Waals surface area contributed by atoms with E-state index in [1.165, 1.54) is 0 Å². The maximum atomic E-state index is 11.2. The number of aliphatic hydroxyl groups excluding tert-OH is 1. The molecule has 148 valence electrons. The first kappa shape index (κ1) is 23.3. The number of rotatable bonds is 14. The molecule has 0 rings (SSSR count). The van der Waals surface area contributed by atoms with Crippen LogP contribution in [0.4, 0.5) is 9.59 Å². The Morgan fingerprint density at radius 1 is 0.800 bits per heavy atom. The molecule has 0 heterocycles. The van der Waals surface area contributed by atoms with Crippen molar-refractivity contribution in [1.82, 2.24) is 0 Å². The summed E-state index contributed by atoms with van der Waals surface area (Å²) in [5, 5.41) is 16.5. The lowest BCUT2D eigenvalue weighted by Crippen LogP contribution is -2.24. The van der Waals surface area contributed by atoms with Gasteiger partial charge in [-0.25, -0.2) is 14.5 Å². The molecule has 0 aromatic heterocycles. The van der Waals surface area contributed by atoms with E-state index in [2.05, 4.69) is 14.4 Å². The fourth-order valence-electron chi connectivity index (χ4n) is 1.37. The lowest BCUT2D eigenvalue weighted by molar-refractivity contribution is -0.247. The minimum atomic E-state index is -0.886. The molecule has 0 aromatic rings. The van der Waals surface area contributed by atoms with E-state index in [1.54, 1.807) is 13.8 Å². The van der Waals surface area contributed by atoms with Gasteiger partial charge in [-0.15, -0.1) is 0 Å². The van der Waals surface area contributed by atoms with E-state index in [0.29, 0.717) is 0 Å². The van der Waals surface area contributed by atoms with Gasteiger partial charge in [-0.05, 0) is 13.8 Å². The summed E-state index contributed by atoms with van der Waals surface area (Å²) in [5.41, 5.74) is 0. The molecule has 0 aromatic carbocycles. The summed E-state index contributed by atoms with van der Waals surface area (Å²) in [6.07, 6.45) is -2.79. The van der Waals surface area contributed by atoms with Crippen molar-refractivity contribution in [2.75, 3.05) is 52.9 Å². The van der Waals surface area contributed by atoms with E-state index in [0.717, 1.165) is 0 Å². The fourth-order valence-corrected chi connectivity index (χ4v) is 1.37. The zero-order valence-electron chi connectivity index (χ0n) is 14.4. The van der Waals surface area contributed by atoms with Gasteiger partial charge in [0.15, 0.2) is 0 Å². The van der Waals surface area contributed by atoms with Crippen LogP contribution in [0.25, 0.3) is 0 Å². The second kappa shape index (κ2) is 15.8. The third-order valence-corrected chi connectivity index (χ3v) is 2.38. The lowest BCUT2D eigenvalue weighted by Gasteiger charge is -2.15. The van der Waals surface area contributed by atoms with Crippen LogP contribution < -0.4 is 0 Å². The molecule has 0 amide bonds. The average Bonchev–Trinajstić information content (AvgIpc) is 2.56. The summed E-state index contributed by atoms with van der Waals surface area (Å²) >= 11 is 0. The maximum Gasteiger partial charge on any atom is 0.508 e. The van der Waals surface area contributed by atoms with Crippen LogP contribution in [0.3, 0.4) is 0 Å². The van der Waals surface area contributed by atoms with Gasteiger partial charge in [0.25, 0.3) is 0 Å². The van der Waals surface area contributed by atoms with E-state index in [9.17, 15) is 9.59 Å². The number of carbonyl (C=O) groups is 2. The van der Waals surface area contributed by atoms with Crippen molar-refractivity contribution in [3.05, 3.63) is 0 Å². The van der Waals surface area contributed by atoms with Gasteiger partial charge in [-0.2, -0.15) is 0 Å². The lowest BCUT2D eigenvalue weighted by atomic mass is 10.4. The van der Waals surface area contributed by atoms with Crippen molar-refractivity contribution >= 4 is 12.3 Å². The standard InChI is InChI=1S/C14H26O11/c1-11(24-13(16)21-4-3-15)9-19-5-6-20-10-12(2)25-14(17)22-7-8-23-18/h11-12,15,18H,3-10H2,1-2H3. The minimum absolute atomic E-state index is 0.120. The van der Waals surface area contributed by atoms with E-state index in [-0.39, 0.29) is 52.9 Å². The summed E-state index contributed by atoms with van der Waals surface area (Å²) in [4.78, 5) is 26.0. The molecule has 0 aliphatic rings. The maximum absolute atomic E-state index is 11.2. The molecule has 0 aliphatic carbocycles. The highest BCUT2D eigenvalue weighted by atomic mass is 17.1. The Labute approximate surface area is 145 Å². The Bertz CT molecular complexity index is 350. The Morgan fingerprint density at radius 2 is 1.28 bits per heavy atom. The Morgan fingerprint density at radius 3 is 1.72 bits per heavy atom. The smallest absolute Gasteiger partial charge is 0.432 e. The minimum Gasteiger partial charge on any atom is -0.432 e. The molecule has 11 heteroatoms. The molecular formula is C14H26O11. The highest BCUT2D eigenvalue weighted by Crippen LogP contribution is 1.98. The summed E-state index contributed by atoms with van der Waals surface area (Å²) in [6.45, 7) is 3.41. The van der Waals surface area contributed by atoms with E-state index >= 15 is 0 Å². The van der Waals surface area contributed by atoms with Crippen LogP contribution >= 0.6 is 0 Å². The second-order valence-corrected chi connectivity index (χ2v) is 4.76. The van der Waals surface area contributed by atoms with Gasteiger partial charge in [0.2, 0.25) is 0 Å². The van der Waals surface area contributed by atoms with Gasteiger partial charge < -0.3 is 33.5 Å². The van der Waals surface area contributed by atoms with Gasteiger partial charge in [-0.1, -0.05) is 0 Å². The molecular weight excluding hydrogens is 344 g/mol. The summed E-state index contributed by atoms with van der Waals surface area (Å²) in [6, 6.07) is 0. The van der Waals surface area contributed by atoms with Crippen LogP contribution in [0.5, 0.6) is 0 Å². The van der Waals surface area contributed by atoms with Crippen molar-refractivity contribution < 1.29 is 53.3 Å². The Balaban J connectivity index is 3.52. The summed E-state index contributed by atoms with van der Waals surface area (Å²) in [7, 11) is 0. The molecule has 2 atom stereocenters. The first-order valence-electron chi connectivity index (χ1n) is 7.69. The van der Waals surface area contributed by atoms with Crippen molar-refractivity contribution in [3.63, 3.8) is 0 Å². The van der Waals surface area contributed by atoms with Crippen LogP contribution in [-0.4, -0.2) is 87.7 Å². The molecule has 0 saturated heterocycles. The highest BCUT2D eigenvalue weighted by Gasteiger charge is 2.12. The van der Waals surface area contributed by atoms with E-state index < -0.39 is 24.5 Å². The second-order valence-electron chi connectivity index (χ2n) is 4.76. The van der Waals surface area contributed by atoms with Crippen molar-refractivity contribution in [2.24, 2.45) is 0 Å². The third-order valence-electron chi connectivity index (χ3n) is 2.38. The quantitative estimate of drug-likeness (QED) is 0.192. The number of hydrogen-bond donors (Lipinski definition) is 2. The molecule has 0 saturated carbocycles. The van der Waals surface area contributed by atoms with E-state index in [1.807, 2.05) is 0 Å². The van der Waals surface area contributed by atoms with Gasteiger partial charge >= 0.3 is 12.3 Å². The first-order chi connectivity index (χ1) is 12.0. The van der Waals surface area contributed by atoms with Gasteiger partial charge in [0.05, 0.1) is 33.0 Å². The van der Waals surface area contributed by atoms with Crippen molar-refractivity contribution in [3.8, 4) is 0 Å². The number of ether oxygens (including phenoxy) is 6. The molecule has 0 aliphatic heterocycles. The topological polar surface area (TPSA) is 139 Å². The average molecular weight is 370 g/mol. The summed E-state index contributed by atoms with van der Waals surface area (Å²) < 4.78 is 29.3. The van der Waals surface area contributed by atoms with E-state index in [4.69, 9.17) is 29.3 Å². The molecule has 0 radical (unpaired) electrons. The fraction of sp³-hybridized carbons (Fsp3) is 0.857. The van der Waals surface area contributed by atoms with Gasteiger partial charge in [-0.3, -0.25) is 5.26 Å². The zero-order valence-corrected chi connectivity index (χ0v) is 14.4. The van der Waals surface area contributed by atoms with Crippen molar-refractivity contribution in [1.29, 1.82) is 0 Å². The molecule has 11 nitrogen and oxygen atoms in total. The Kier molecular flexibility index (Phi) is 14.8. The molecule has 0 bridgehead atoms. The van der Waals surface area contributed by atoms with Gasteiger partial charge in [0.1, 0.15) is 32.0 Å². The Hall–Kier alpha value is -1.66. The van der Waals surface area contributed by atoms with Gasteiger partial charge in [0, 0.05) is 0 Å². The monoisotopic (exact) mass is 370 g/mol. The van der Waals surface area contributed by atoms with Crippen LogP contribution in [0.15, 0.2) is 0 Å². The summed E-state index contributed by atoms with van der Waals surface area (Å²) in [5.74, 6) is 0. The predicted molar refractivity (Wildman–Crippen MR) is 81.1 cm³/mol. The van der Waals surface area contributed by atoms with Crippen molar-refractivity contribution in [2.45, 2.75) is 26.1 Å².